The van der Waals surface area contributed by atoms with Gasteiger partial charge in [-0.05, 0) is 41.4 Å². The lowest BCUT2D eigenvalue weighted by Crippen LogP contribution is -2.52. The lowest BCUT2D eigenvalue weighted by atomic mass is 9.45. The summed E-state index contributed by atoms with van der Waals surface area (Å²) in [7, 11) is 0. The largest absolute Gasteiger partial charge is 0.0654 e. The van der Waals surface area contributed by atoms with Crippen molar-refractivity contribution in [1.82, 2.24) is 0 Å². The van der Waals surface area contributed by atoms with E-state index in [0.29, 0.717) is 16.2 Å². The Hall–Kier alpha value is 0. The molecule has 0 N–H and O–H groups in total. The quantitative estimate of drug-likeness (QED) is 0.318. The maximum atomic E-state index is 2.66. The molecule has 0 aromatic rings. The van der Waals surface area contributed by atoms with Crippen LogP contribution >= 0.6 is 0 Å². The van der Waals surface area contributed by atoms with E-state index in [1.807, 2.05) is 0 Å². The van der Waals surface area contributed by atoms with E-state index in [4.69, 9.17) is 0 Å². The van der Waals surface area contributed by atoms with Crippen molar-refractivity contribution < 1.29 is 0 Å². The van der Waals surface area contributed by atoms with E-state index in [0.717, 1.165) is 5.92 Å². The highest BCUT2D eigenvalue weighted by atomic mass is 14.6. The lowest BCUT2D eigenvalue weighted by Gasteiger charge is -2.60. The number of hydrogen-bond acceptors (Lipinski definition) is 0. The molecule has 0 radical (unpaired) electrons. The van der Waals surface area contributed by atoms with Crippen LogP contribution in [0.4, 0.5) is 0 Å². The fraction of sp³-hybridized carbons (Fsp3) is 1.00. The average molecular weight is 325 g/mol. The second kappa shape index (κ2) is 10.1. The van der Waals surface area contributed by atoms with Crippen LogP contribution < -0.4 is 0 Å². The van der Waals surface area contributed by atoms with Gasteiger partial charge in [-0.2, -0.15) is 0 Å². The van der Waals surface area contributed by atoms with Crippen LogP contribution in [0.5, 0.6) is 0 Å². The molecule has 0 aromatic heterocycles. The molecular weight excluding hydrogens is 276 g/mol. The Morgan fingerprint density at radius 2 is 1.22 bits per heavy atom. The summed E-state index contributed by atoms with van der Waals surface area (Å²) >= 11 is 0. The van der Waals surface area contributed by atoms with Crippen LogP contribution in [-0.4, -0.2) is 0 Å². The molecule has 23 heavy (non-hydrogen) atoms. The topological polar surface area (TPSA) is 0 Å². The number of hydrogen-bond donors (Lipinski definition) is 0. The predicted octanol–water partition coefficient (Wildman–Crippen LogP) is 8.64. The SMILES string of the molecule is CCCCC(C)C(C)(CCC)C(C)(CCC)C(C)(CC)CCC. The molecule has 0 nitrogen and oxygen atoms in total. The molecule has 0 aromatic carbocycles. The Labute approximate surface area is 149 Å². The second-order valence-electron chi connectivity index (χ2n) is 8.96. The van der Waals surface area contributed by atoms with Gasteiger partial charge in [0.2, 0.25) is 0 Å². The van der Waals surface area contributed by atoms with Crippen molar-refractivity contribution in [2.75, 3.05) is 0 Å². The van der Waals surface area contributed by atoms with Crippen molar-refractivity contribution in [2.24, 2.45) is 22.2 Å². The van der Waals surface area contributed by atoms with Crippen molar-refractivity contribution in [3.8, 4) is 0 Å². The van der Waals surface area contributed by atoms with E-state index in [2.05, 4.69) is 62.3 Å². The summed E-state index contributed by atoms with van der Waals surface area (Å²) in [5, 5.41) is 0. The first kappa shape index (κ1) is 23.0. The summed E-state index contributed by atoms with van der Waals surface area (Å²) in [6, 6.07) is 0. The highest BCUT2D eigenvalue weighted by molar-refractivity contribution is 5.03. The minimum Gasteiger partial charge on any atom is -0.0654 e. The Morgan fingerprint density at radius 1 is 0.696 bits per heavy atom. The monoisotopic (exact) mass is 324 g/mol. The van der Waals surface area contributed by atoms with E-state index in [1.165, 1.54) is 64.2 Å². The van der Waals surface area contributed by atoms with Crippen LogP contribution in [0.2, 0.25) is 0 Å². The lowest BCUT2D eigenvalue weighted by molar-refractivity contribution is -0.109. The van der Waals surface area contributed by atoms with E-state index in [-0.39, 0.29) is 0 Å². The first-order chi connectivity index (χ1) is 10.7. The molecule has 4 unspecified atom stereocenters. The van der Waals surface area contributed by atoms with Gasteiger partial charge in [-0.25, -0.2) is 0 Å². The van der Waals surface area contributed by atoms with Gasteiger partial charge >= 0.3 is 0 Å². The Bertz CT molecular complexity index is 307. The standard InChI is InChI=1S/C23H48/c1-10-15-16-20(6)22(8,18-12-3)23(9,19-13-4)21(7,14-5)17-11-2/h20H,10-19H2,1-9H3. The Morgan fingerprint density at radius 3 is 1.61 bits per heavy atom. The second-order valence-corrected chi connectivity index (χ2v) is 8.96. The van der Waals surface area contributed by atoms with Crippen LogP contribution in [0, 0.1) is 22.2 Å². The molecule has 0 saturated carbocycles. The third kappa shape index (κ3) is 4.76. The third-order valence-corrected chi connectivity index (χ3v) is 7.77. The molecule has 0 heteroatoms. The fourth-order valence-electron chi connectivity index (χ4n) is 5.59. The van der Waals surface area contributed by atoms with E-state index < -0.39 is 0 Å². The number of rotatable bonds is 13. The zero-order chi connectivity index (χ0) is 18.1. The Kier molecular flexibility index (Phi) is 10.1. The van der Waals surface area contributed by atoms with E-state index in [1.54, 1.807) is 0 Å². The molecule has 0 aliphatic rings. The zero-order valence-corrected chi connectivity index (χ0v) is 18.1. The molecular formula is C23H48. The van der Waals surface area contributed by atoms with Gasteiger partial charge in [0, 0.05) is 0 Å². The van der Waals surface area contributed by atoms with Crippen molar-refractivity contribution in [3.63, 3.8) is 0 Å². The molecule has 0 rings (SSSR count). The zero-order valence-electron chi connectivity index (χ0n) is 18.1. The van der Waals surface area contributed by atoms with E-state index in [9.17, 15) is 0 Å². The van der Waals surface area contributed by atoms with Crippen LogP contribution in [0.3, 0.4) is 0 Å². The third-order valence-electron chi connectivity index (χ3n) is 7.77. The van der Waals surface area contributed by atoms with Crippen LogP contribution in [0.1, 0.15) is 127 Å². The average Bonchev–Trinajstić information content (AvgIpc) is 2.52. The summed E-state index contributed by atoms with van der Waals surface area (Å²) < 4.78 is 0. The normalized spacial score (nSPS) is 21.3. The maximum absolute atomic E-state index is 2.66. The van der Waals surface area contributed by atoms with Gasteiger partial charge in [0.1, 0.15) is 0 Å². The highest BCUT2D eigenvalue weighted by Crippen LogP contribution is 2.63. The molecule has 4 atom stereocenters. The molecule has 0 aliphatic heterocycles. The maximum Gasteiger partial charge on any atom is -0.0216 e. The molecule has 0 saturated heterocycles. The van der Waals surface area contributed by atoms with Gasteiger partial charge in [0.15, 0.2) is 0 Å². The van der Waals surface area contributed by atoms with Crippen molar-refractivity contribution in [2.45, 2.75) is 127 Å². The summed E-state index contributed by atoms with van der Waals surface area (Å²) in [6.07, 6.45) is 13.5. The highest BCUT2D eigenvalue weighted by Gasteiger charge is 2.54. The molecule has 0 heterocycles. The fourth-order valence-corrected chi connectivity index (χ4v) is 5.59. The van der Waals surface area contributed by atoms with Crippen LogP contribution in [0.15, 0.2) is 0 Å². The first-order valence-electron chi connectivity index (χ1n) is 10.7. The predicted molar refractivity (Wildman–Crippen MR) is 108 cm³/mol. The van der Waals surface area contributed by atoms with Gasteiger partial charge in [-0.1, -0.05) is 107 Å². The molecule has 0 fully saturated rings. The van der Waals surface area contributed by atoms with Gasteiger partial charge in [0.25, 0.3) is 0 Å². The van der Waals surface area contributed by atoms with Crippen molar-refractivity contribution >= 4 is 0 Å². The smallest absolute Gasteiger partial charge is 0.0216 e. The summed E-state index contributed by atoms with van der Waals surface area (Å²) in [5.41, 5.74) is 1.34. The minimum atomic E-state index is 0.433. The number of unbranched alkanes of at least 4 members (excludes halogenated alkanes) is 1. The van der Waals surface area contributed by atoms with Crippen molar-refractivity contribution in [3.05, 3.63) is 0 Å². The van der Waals surface area contributed by atoms with Crippen LogP contribution in [-0.2, 0) is 0 Å². The summed E-state index contributed by atoms with van der Waals surface area (Å²) in [6.45, 7) is 22.4. The van der Waals surface area contributed by atoms with Crippen molar-refractivity contribution in [1.29, 1.82) is 0 Å². The first-order valence-corrected chi connectivity index (χ1v) is 10.7. The summed E-state index contributed by atoms with van der Waals surface area (Å²) in [5.74, 6) is 0.821. The summed E-state index contributed by atoms with van der Waals surface area (Å²) in [4.78, 5) is 0. The van der Waals surface area contributed by atoms with Crippen LogP contribution in [0.25, 0.3) is 0 Å². The van der Waals surface area contributed by atoms with Gasteiger partial charge < -0.3 is 0 Å². The minimum absolute atomic E-state index is 0.433. The Balaban J connectivity index is 5.94. The molecule has 0 bridgehead atoms. The van der Waals surface area contributed by atoms with Gasteiger partial charge in [0.05, 0.1) is 0 Å². The van der Waals surface area contributed by atoms with Gasteiger partial charge in [-0.3, -0.25) is 0 Å². The van der Waals surface area contributed by atoms with E-state index >= 15 is 0 Å². The molecule has 140 valence electrons. The molecule has 0 aliphatic carbocycles. The molecule has 0 spiro atoms. The molecule has 0 amide bonds. The van der Waals surface area contributed by atoms with Gasteiger partial charge in [-0.15, -0.1) is 0 Å².